The van der Waals surface area contributed by atoms with Crippen molar-refractivity contribution < 1.29 is 9.32 Å². The Hall–Kier alpha value is -3.56. The van der Waals surface area contributed by atoms with Crippen molar-refractivity contribution >= 4 is 16.9 Å². The van der Waals surface area contributed by atoms with Crippen LogP contribution in [-0.2, 0) is 11.3 Å². The van der Waals surface area contributed by atoms with Crippen molar-refractivity contribution in [3.8, 4) is 23.0 Å². The molecule has 1 aromatic carbocycles. The fourth-order valence-corrected chi connectivity index (χ4v) is 2.81. The zero-order valence-corrected chi connectivity index (χ0v) is 15.0. The van der Waals surface area contributed by atoms with Gasteiger partial charge in [-0.1, -0.05) is 10.4 Å². The SMILES string of the molecule is CCN(CC)C(=O)Cn1cc(-c2nc(-c3ccc4nc[nH]c4c3)no2)nn1. The van der Waals surface area contributed by atoms with E-state index >= 15 is 0 Å². The Morgan fingerprint density at radius 1 is 1.30 bits per heavy atom. The van der Waals surface area contributed by atoms with E-state index in [0.29, 0.717) is 24.6 Å². The molecule has 0 saturated carbocycles. The van der Waals surface area contributed by atoms with Gasteiger partial charge in [0.2, 0.25) is 11.7 Å². The monoisotopic (exact) mass is 366 g/mol. The maximum absolute atomic E-state index is 12.2. The molecule has 138 valence electrons. The molecular formula is C17H18N8O2. The number of hydrogen-bond acceptors (Lipinski definition) is 7. The van der Waals surface area contributed by atoms with Crippen LogP contribution in [0.2, 0.25) is 0 Å². The summed E-state index contributed by atoms with van der Waals surface area (Å²) in [6.07, 6.45) is 3.25. The lowest BCUT2D eigenvalue weighted by molar-refractivity contribution is -0.131. The number of nitrogens with one attached hydrogen (secondary N) is 1. The molecule has 0 radical (unpaired) electrons. The number of carbonyl (C=O) groups excluding carboxylic acids is 1. The third-order valence-electron chi connectivity index (χ3n) is 4.28. The number of aromatic amines is 1. The summed E-state index contributed by atoms with van der Waals surface area (Å²) in [6.45, 7) is 5.31. The van der Waals surface area contributed by atoms with E-state index < -0.39 is 0 Å². The van der Waals surface area contributed by atoms with Crippen LogP contribution in [0.1, 0.15) is 13.8 Å². The third kappa shape index (κ3) is 3.28. The lowest BCUT2D eigenvalue weighted by atomic mass is 10.2. The Morgan fingerprint density at radius 2 is 2.15 bits per heavy atom. The summed E-state index contributed by atoms with van der Waals surface area (Å²) in [5, 5.41) is 12.0. The number of hydrogen-bond donors (Lipinski definition) is 1. The molecular weight excluding hydrogens is 348 g/mol. The van der Waals surface area contributed by atoms with Crippen molar-refractivity contribution in [2.45, 2.75) is 20.4 Å². The predicted molar refractivity (Wildman–Crippen MR) is 96.3 cm³/mol. The average Bonchev–Trinajstić information content (AvgIpc) is 3.42. The Bertz CT molecular complexity index is 1080. The molecule has 10 nitrogen and oxygen atoms in total. The van der Waals surface area contributed by atoms with E-state index in [9.17, 15) is 4.79 Å². The molecule has 27 heavy (non-hydrogen) atoms. The number of fused-ring (bicyclic) bond motifs is 1. The number of rotatable bonds is 6. The van der Waals surface area contributed by atoms with E-state index in [1.165, 1.54) is 4.68 Å². The van der Waals surface area contributed by atoms with E-state index in [2.05, 4.69) is 30.4 Å². The van der Waals surface area contributed by atoms with Crippen LogP contribution in [0.25, 0.3) is 34.0 Å². The first kappa shape index (κ1) is 16.9. The van der Waals surface area contributed by atoms with Gasteiger partial charge >= 0.3 is 0 Å². The highest BCUT2D eigenvalue weighted by Gasteiger charge is 2.16. The van der Waals surface area contributed by atoms with Crippen LogP contribution in [0, 0.1) is 0 Å². The van der Waals surface area contributed by atoms with Crippen LogP contribution in [0.5, 0.6) is 0 Å². The van der Waals surface area contributed by atoms with Crippen LogP contribution >= 0.6 is 0 Å². The maximum Gasteiger partial charge on any atom is 0.280 e. The van der Waals surface area contributed by atoms with Crippen molar-refractivity contribution in [1.29, 1.82) is 0 Å². The van der Waals surface area contributed by atoms with Crippen LogP contribution < -0.4 is 0 Å². The Kier molecular flexibility index (Phi) is 4.37. The second kappa shape index (κ2) is 6.98. The maximum atomic E-state index is 12.2. The molecule has 10 heteroatoms. The molecule has 4 aromatic rings. The molecule has 1 N–H and O–H groups in total. The minimum absolute atomic E-state index is 0.0180. The molecule has 0 fully saturated rings. The number of carbonyl (C=O) groups is 1. The highest BCUT2D eigenvalue weighted by Crippen LogP contribution is 2.23. The molecule has 0 bridgehead atoms. The van der Waals surface area contributed by atoms with Crippen LogP contribution in [0.15, 0.2) is 35.2 Å². The summed E-state index contributed by atoms with van der Waals surface area (Å²) in [4.78, 5) is 25.5. The second-order valence-electron chi connectivity index (χ2n) is 5.92. The first-order valence-electron chi connectivity index (χ1n) is 8.63. The van der Waals surface area contributed by atoms with Crippen molar-refractivity contribution in [3.05, 3.63) is 30.7 Å². The van der Waals surface area contributed by atoms with Gasteiger partial charge in [-0.25, -0.2) is 9.67 Å². The van der Waals surface area contributed by atoms with E-state index in [1.54, 1.807) is 17.4 Å². The number of benzene rings is 1. The smallest absolute Gasteiger partial charge is 0.280 e. The normalized spacial score (nSPS) is 11.2. The molecule has 0 aliphatic rings. The molecule has 0 atom stereocenters. The minimum atomic E-state index is -0.0180. The van der Waals surface area contributed by atoms with Crippen molar-refractivity contribution in [1.82, 2.24) is 40.0 Å². The minimum Gasteiger partial charge on any atom is -0.345 e. The van der Waals surface area contributed by atoms with Gasteiger partial charge in [-0.2, -0.15) is 4.98 Å². The zero-order valence-electron chi connectivity index (χ0n) is 15.0. The number of aromatic nitrogens is 7. The van der Waals surface area contributed by atoms with Gasteiger partial charge in [-0.3, -0.25) is 4.79 Å². The van der Waals surface area contributed by atoms with E-state index in [-0.39, 0.29) is 18.3 Å². The predicted octanol–water partition coefficient (Wildman–Crippen LogP) is 1.74. The second-order valence-corrected chi connectivity index (χ2v) is 5.92. The fraction of sp³-hybridized carbons (Fsp3) is 0.294. The number of likely N-dealkylation sites (N-methyl/N-ethyl adjacent to an activating group) is 1. The third-order valence-corrected chi connectivity index (χ3v) is 4.28. The van der Waals surface area contributed by atoms with Crippen molar-refractivity contribution in [2.75, 3.05) is 13.1 Å². The van der Waals surface area contributed by atoms with E-state index in [4.69, 9.17) is 4.52 Å². The molecule has 3 heterocycles. The lowest BCUT2D eigenvalue weighted by Crippen LogP contribution is -2.33. The van der Waals surface area contributed by atoms with E-state index in [1.807, 2.05) is 32.0 Å². The Labute approximate surface area is 154 Å². The standard InChI is InChI=1S/C17H18N8O2/c1-3-24(4-2)15(26)9-25-8-14(21-23-25)17-20-16(22-27-17)11-5-6-12-13(7-11)19-10-18-12/h5-8,10H,3-4,9H2,1-2H3,(H,18,19). The average molecular weight is 366 g/mol. The lowest BCUT2D eigenvalue weighted by Gasteiger charge is -2.17. The van der Waals surface area contributed by atoms with Gasteiger partial charge < -0.3 is 14.4 Å². The highest BCUT2D eigenvalue weighted by molar-refractivity contribution is 5.80. The first-order valence-corrected chi connectivity index (χ1v) is 8.63. The largest absolute Gasteiger partial charge is 0.345 e. The van der Waals surface area contributed by atoms with Crippen LogP contribution in [0.3, 0.4) is 0 Å². The first-order chi connectivity index (χ1) is 13.2. The van der Waals surface area contributed by atoms with Gasteiger partial charge in [-0.05, 0) is 32.0 Å². The summed E-state index contributed by atoms with van der Waals surface area (Å²) in [5.74, 6) is 0.669. The fourth-order valence-electron chi connectivity index (χ4n) is 2.81. The van der Waals surface area contributed by atoms with Crippen LogP contribution in [-0.4, -0.2) is 59.0 Å². The van der Waals surface area contributed by atoms with E-state index in [0.717, 1.165) is 16.6 Å². The highest BCUT2D eigenvalue weighted by atomic mass is 16.5. The van der Waals surface area contributed by atoms with Gasteiger partial charge in [-0.15, -0.1) is 5.10 Å². The van der Waals surface area contributed by atoms with Gasteiger partial charge in [0.15, 0.2) is 5.69 Å². The number of imidazole rings is 1. The topological polar surface area (TPSA) is 119 Å². The van der Waals surface area contributed by atoms with Crippen molar-refractivity contribution in [3.63, 3.8) is 0 Å². The summed E-state index contributed by atoms with van der Waals surface area (Å²) in [7, 11) is 0. The van der Waals surface area contributed by atoms with Gasteiger partial charge in [0.25, 0.3) is 5.89 Å². The number of H-pyrrole nitrogens is 1. The van der Waals surface area contributed by atoms with Crippen LogP contribution in [0.4, 0.5) is 0 Å². The summed E-state index contributed by atoms with van der Waals surface area (Å²) in [6, 6.07) is 5.65. The zero-order chi connectivity index (χ0) is 18.8. The molecule has 1 amide bonds. The quantitative estimate of drug-likeness (QED) is 0.552. The Balaban J connectivity index is 1.53. The van der Waals surface area contributed by atoms with Gasteiger partial charge in [0.05, 0.1) is 23.6 Å². The molecule has 0 aliphatic heterocycles. The molecule has 0 unspecified atom stereocenters. The summed E-state index contributed by atoms with van der Waals surface area (Å²) < 4.78 is 6.78. The molecule has 0 aliphatic carbocycles. The summed E-state index contributed by atoms with van der Waals surface area (Å²) in [5.41, 5.74) is 2.97. The van der Waals surface area contributed by atoms with Gasteiger partial charge in [0.1, 0.15) is 6.54 Å². The molecule has 0 spiro atoms. The Morgan fingerprint density at radius 3 is 2.96 bits per heavy atom. The van der Waals surface area contributed by atoms with Gasteiger partial charge in [0, 0.05) is 18.7 Å². The molecule has 0 saturated heterocycles. The molecule has 4 rings (SSSR count). The number of nitrogens with zero attached hydrogens (tertiary/aromatic N) is 7. The summed E-state index contributed by atoms with van der Waals surface area (Å²) >= 11 is 0. The van der Waals surface area contributed by atoms with Crippen molar-refractivity contribution in [2.24, 2.45) is 0 Å². The number of amides is 1. The molecule has 3 aromatic heterocycles.